The topological polar surface area (TPSA) is 40.5 Å². The van der Waals surface area contributed by atoms with Gasteiger partial charge in [0.15, 0.2) is 5.78 Å². The number of anilines is 1. The lowest BCUT2D eigenvalue weighted by atomic mass is 10.1. The fourth-order valence-electron chi connectivity index (χ4n) is 1.92. The molecule has 1 aromatic carbocycles. The zero-order valence-corrected chi connectivity index (χ0v) is 8.65. The van der Waals surface area contributed by atoms with Crippen molar-refractivity contribution in [2.24, 2.45) is 0 Å². The average Bonchev–Trinajstić information content (AvgIpc) is 2.82. The third-order valence-corrected chi connectivity index (χ3v) is 2.80. The van der Waals surface area contributed by atoms with E-state index in [1.54, 1.807) is 12.1 Å². The van der Waals surface area contributed by atoms with Gasteiger partial charge in [0.25, 0.3) is 0 Å². The summed E-state index contributed by atoms with van der Waals surface area (Å²) in [6.45, 7) is 1.80. The van der Waals surface area contributed by atoms with E-state index in [9.17, 15) is 4.79 Å². The molecule has 1 aliphatic rings. The van der Waals surface area contributed by atoms with Crippen molar-refractivity contribution in [3.63, 3.8) is 0 Å². The van der Waals surface area contributed by atoms with Crippen LogP contribution in [0.3, 0.4) is 0 Å². The van der Waals surface area contributed by atoms with E-state index in [0.29, 0.717) is 5.56 Å². The van der Waals surface area contributed by atoms with Gasteiger partial charge in [0.2, 0.25) is 0 Å². The molecule has 0 amide bonds. The number of Topliss-reactive ketones (excluding diaryl/α,β-unsaturated/α-hetero) is 1. The highest BCUT2D eigenvalue weighted by Gasteiger charge is 2.12. The van der Waals surface area contributed by atoms with E-state index in [0.717, 1.165) is 13.1 Å². The van der Waals surface area contributed by atoms with Crippen molar-refractivity contribution >= 4 is 11.5 Å². The van der Waals surface area contributed by atoms with Gasteiger partial charge in [0, 0.05) is 24.3 Å². The summed E-state index contributed by atoms with van der Waals surface area (Å²) in [4.78, 5) is 13.5. The Kier molecular flexibility index (Phi) is 3.02. The second kappa shape index (κ2) is 4.45. The van der Waals surface area contributed by atoms with Crippen LogP contribution in [-0.2, 0) is 0 Å². The monoisotopic (exact) mass is 205 g/mol. The van der Waals surface area contributed by atoms with Crippen LogP contribution in [0.15, 0.2) is 24.3 Å². The van der Waals surface area contributed by atoms with Gasteiger partial charge in [0.1, 0.15) is 6.61 Å². The minimum atomic E-state index is -0.414. The predicted octanol–water partition coefficient (Wildman–Crippen LogP) is 1.46. The minimum absolute atomic E-state index is 0.219. The van der Waals surface area contributed by atoms with Crippen LogP contribution in [0.25, 0.3) is 0 Å². The molecule has 0 spiro atoms. The van der Waals surface area contributed by atoms with Crippen LogP contribution in [0.2, 0.25) is 0 Å². The largest absolute Gasteiger partial charge is 0.388 e. The molecule has 0 unspecified atom stereocenters. The van der Waals surface area contributed by atoms with Crippen LogP contribution >= 0.6 is 0 Å². The summed E-state index contributed by atoms with van der Waals surface area (Å²) in [7, 11) is 0. The second-order valence-corrected chi connectivity index (χ2v) is 3.82. The van der Waals surface area contributed by atoms with Crippen molar-refractivity contribution in [2.45, 2.75) is 12.8 Å². The van der Waals surface area contributed by atoms with Crippen LogP contribution in [-0.4, -0.2) is 30.6 Å². The lowest BCUT2D eigenvalue weighted by molar-refractivity contribution is 0.0904. The Morgan fingerprint density at radius 2 is 1.80 bits per heavy atom. The molecule has 2 rings (SSSR count). The van der Waals surface area contributed by atoms with Crippen molar-refractivity contribution in [2.75, 3.05) is 24.6 Å². The Balaban J connectivity index is 2.12. The van der Waals surface area contributed by atoms with Gasteiger partial charge < -0.3 is 10.0 Å². The van der Waals surface area contributed by atoms with Gasteiger partial charge in [-0.1, -0.05) is 0 Å². The smallest absolute Gasteiger partial charge is 0.188 e. The summed E-state index contributed by atoms with van der Waals surface area (Å²) >= 11 is 0. The Morgan fingerprint density at radius 3 is 2.33 bits per heavy atom. The van der Waals surface area contributed by atoms with Crippen LogP contribution in [0.5, 0.6) is 0 Å². The molecule has 3 nitrogen and oxygen atoms in total. The van der Waals surface area contributed by atoms with Crippen molar-refractivity contribution in [3.05, 3.63) is 29.8 Å². The zero-order valence-electron chi connectivity index (χ0n) is 8.65. The fraction of sp³-hybridized carbons (Fsp3) is 0.417. The van der Waals surface area contributed by atoms with E-state index in [1.165, 1.54) is 18.5 Å². The van der Waals surface area contributed by atoms with E-state index in [-0.39, 0.29) is 5.78 Å². The Morgan fingerprint density at radius 1 is 1.20 bits per heavy atom. The molecule has 80 valence electrons. The lowest BCUT2D eigenvalue weighted by Gasteiger charge is -2.17. The van der Waals surface area contributed by atoms with Gasteiger partial charge in [-0.2, -0.15) is 0 Å². The van der Waals surface area contributed by atoms with Crippen LogP contribution in [0.4, 0.5) is 5.69 Å². The van der Waals surface area contributed by atoms with Crippen molar-refractivity contribution in [3.8, 4) is 0 Å². The summed E-state index contributed by atoms with van der Waals surface area (Å²) in [5.74, 6) is -0.219. The van der Waals surface area contributed by atoms with Gasteiger partial charge >= 0.3 is 0 Å². The van der Waals surface area contributed by atoms with Crippen LogP contribution in [0, 0.1) is 0 Å². The first kappa shape index (κ1) is 10.2. The van der Waals surface area contributed by atoms with Crippen molar-refractivity contribution < 1.29 is 9.90 Å². The van der Waals surface area contributed by atoms with Crippen molar-refractivity contribution in [1.82, 2.24) is 0 Å². The van der Waals surface area contributed by atoms with E-state index in [4.69, 9.17) is 5.11 Å². The van der Waals surface area contributed by atoms with Crippen LogP contribution in [0.1, 0.15) is 23.2 Å². The summed E-state index contributed by atoms with van der Waals surface area (Å²) in [6, 6.07) is 7.47. The van der Waals surface area contributed by atoms with Gasteiger partial charge in [-0.3, -0.25) is 4.79 Å². The molecule has 1 aromatic rings. The molecule has 1 N–H and O–H groups in total. The molecule has 0 radical (unpaired) electrons. The van der Waals surface area contributed by atoms with Gasteiger partial charge in [0.05, 0.1) is 0 Å². The molecule has 1 saturated heterocycles. The normalized spacial score (nSPS) is 15.7. The summed E-state index contributed by atoms with van der Waals surface area (Å²) in [5, 5.41) is 8.71. The first-order chi connectivity index (χ1) is 7.31. The second-order valence-electron chi connectivity index (χ2n) is 3.82. The van der Waals surface area contributed by atoms with E-state index in [2.05, 4.69) is 4.90 Å². The molecule has 0 bridgehead atoms. The quantitative estimate of drug-likeness (QED) is 0.759. The molecule has 0 saturated carbocycles. The van der Waals surface area contributed by atoms with Crippen molar-refractivity contribution in [1.29, 1.82) is 0 Å². The number of ketones is 1. The molecule has 0 aliphatic carbocycles. The minimum Gasteiger partial charge on any atom is -0.388 e. The molecule has 1 aliphatic heterocycles. The first-order valence-electron chi connectivity index (χ1n) is 5.30. The van der Waals surface area contributed by atoms with E-state index < -0.39 is 6.61 Å². The standard InChI is InChI=1S/C12H15NO2/c14-9-12(15)10-3-5-11(6-4-10)13-7-1-2-8-13/h3-6,14H,1-2,7-9H2. The first-order valence-corrected chi connectivity index (χ1v) is 5.30. The maximum absolute atomic E-state index is 11.2. The number of aliphatic hydroxyl groups is 1. The SMILES string of the molecule is O=C(CO)c1ccc(N2CCCC2)cc1. The van der Waals surface area contributed by atoms with Gasteiger partial charge in [-0.15, -0.1) is 0 Å². The average molecular weight is 205 g/mol. The Bertz CT molecular complexity index is 339. The highest BCUT2D eigenvalue weighted by atomic mass is 16.3. The number of nitrogens with zero attached hydrogens (tertiary/aromatic N) is 1. The Hall–Kier alpha value is -1.35. The molecule has 15 heavy (non-hydrogen) atoms. The molecular formula is C12H15NO2. The number of benzene rings is 1. The highest BCUT2D eigenvalue weighted by Crippen LogP contribution is 2.20. The van der Waals surface area contributed by atoms with Gasteiger partial charge in [-0.25, -0.2) is 0 Å². The number of hydrogen-bond donors (Lipinski definition) is 1. The predicted molar refractivity (Wildman–Crippen MR) is 59.3 cm³/mol. The van der Waals surface area contributed by atoms with E-state index >= 15 is 0 Å². The van der Waals surface area contributed by atoms with E-state index in [1.807, 2.05) is 12.1 Å². The highest BCUT2D eigenvalue weighted by molar-refractivity contribution is 5.97. The van der Waals surface area contributed by atoms with Crippen LogP contribution < -0.4 is 4.90 Å². The zero-order chi connectivity index (χ0) is 10.7. The summed E-state index contributed by atoms with van der Waals surface area (Å²) in [5.41, 5.74) is 1.75. The number of hydrogen-bond acceptors (Lipinski definition) is 3. The lowest BCUT2D eigenvalue weighted by Crippen LogP contribution is -2.17. The fourth-order valence-corrected chi connectivity index (χ4v) is 1.92. The third kappa shape index (κ3) is 2.18. The molecule has 0 aromatic heterocycles. The number of carbonyl (C=O) groups is 1. The number of aliphatic hydroxyl groups excluding tert-OH is 1. The maximum atomic E-state index is 11.2. The van der Waals surface area contributed by atoms with Gasteiger partial charge in [-0.05, 0) is 37.1 Å². The maximum Gasteiger partial charge on any atom is 0.188 e. The molecule has 1 fully saturated rings. The Labute approximate surface area is 89.3 Å². The molecule has 1 heterocycles. The summed E-state index contributed by atoms with van der Waals surface area (Å²) < 4.78 is 0. The number of rotatable bonds is 3. The third-order valence-electron chi connectivity index (χ3n) is 2.80. The molecule has 3 heteroatoms. The number of carbonyl (C=O) groups excluding carboxylic acids is 1. The molecule has 0 atom stereocenters. The summed E-state index contributed by atoms with van der Waals surface area (Å²) in [6.07, 6.45) is 2.49. The molecular weight excluding hydrogens is 190 g/mol.